The maximum atomic E-state index is 10.00. The van der Waals surface area contributed by atoms with Crippen LogP contribution in [-0.2, 0) is 17.4 Å². The molecule has 0 aromatic carbocycles. The fraction of sp³-hybridized carbons (Fsp3) is 1.00. The Morgan fingerprint density at radius 2 is 1.48 bits per heavy atom. The molecule has 0 bridgehead atoms. The molecule has 2 rings (SSSR count). The van der Waals surface area contributed by atoms with Gasteiger partial charge in [0.15, 0.2) is 6.29 Å². The summed E-state index contributed by atoms with van der Waals surface area (Å²) in [7, 11) is 0. The van der Waals surface area contributed by atoms with Gasteiger partial charge in [0.25, 0.3) is 0 Å². The van der Waals surface area contributed by atoms with Crippen molar-refractivity contribution in [2.24, 2.45) is 0 Å². The first-order chi connectivity index (χ1) is 11.8. The zero-order valence-electron chi connectivity index (χ0n) is 13.2. The van der Waals surface area contributed by atoms with Gasteiger partial charge in [-0.1, -0.05) is 0 Å². The van der Waals surface area contributed by atoms with Crippen LogP contribution < -0.4 is 0 Å². The molecule has 0 spiro atoms. The molecule has 9 atom stereocenters. The third-order valence-corrected chi connectivity index (χ3v) is 4.04. The van der Waals surface area contributed by atoms with Crippen LogP contribution in [0.5, 0.6) is 0 Å². The molecular weight excluding hydrogens is 360 g/mol. The summed E-state index contributed by atoms with van der Waals surface area (Å²) in [5.41, 5.74) is 0. The van der Waals surface area contributed by atoms with Crippen molar-refractivity contribution in [2.45, 2.75) is 54.8 Å². The zero-order chi connectivity index (χ0) is 19.4. The second kappa shape index (κ2) is 9.89. The van der Waals surface area contributed by atoms with Gasteiger partial charge in [0, 0.05) is 0 Å². The summed E-state index contributed by atoms with van der Waals surface area (Å²) < 4.78 is 23.6. The van der Waals surface area contributed by atoms with Crippen LogP contribution in [0.15, 0.2) is 0 Å². The number of aliphatic hydroxyl groups is 8. The molecule has 25 heavy (non-hydrogen) atoms. The van der Waals surface area contributed by atoms with Crippen molar-refractivity contribution in [3.05, 3.63) is 0 Å². The quantitative estimate of drug-likeness (QED) is 0.209. The van der Waals surface area contributed by atoms with E-state index in [1.807, 2.05) is 0 Å². The Kier molecular flexibility index (Phi) is 9.16. The van der Waals surface area contributed by atoms with Crippen LogP contribution in [0.2, 0.25) is 0 Å². The molecule has 0 unspecified atom stereocenters. The van der Waals surface area contributed by atoms with E-state index < -0.39 is 74.6 Å². The second-order valence-corrected chi connectivity index (χ2v) is 5.58. The monoisotopic (exact) mass is 382 g/mol. The van der Waals surface area contributed by atoms with Gasteiger partial charge < -0.3 is 55.1 Å². The number of aliphatic hydroxyl groups excluding tert-OH is 7. The SMILES string of the molecule is OC[C@H]1O[C@@H](O[C@@H]2[C@@H](CO)O[C@](O)(CO)[C@H]2O)[C@H](O)[C@@H](O)[C@H]1O.[O]=[Mg]. The third-order valence-electron chi connectivity index (χ3n) is 4.04. The van der Waals surface area contributed by atoms with E-state index in [4.69, 9.17) is 27.6 Å². The fourth-order valence-electron chi connectivity index (χ4n) is 2.63. The summed E-state index contributed by atoms with van der Waals surface area (Å²) in [6, 6.07) is 0. The summed E-state index contributed by atoms with van der Waals surface area (Å²) in [4.78, 5) is 0. The van der Waals surface area contributed by atoms with Crippen LogP contribution in [0.3, 0.4) is 0 Å². The molecule has 144 valence electrons. The molecule has 2 fully saturated rings. The molecule has 0 aromatic rings. The van der Waals surface area contributed by atoms with E-state index in [9.17, 15) is 30.6 Å². The minimum absolute atomic E-state index is 0.611. The van der Waals surface area contributed by atoms with Crippen molar-refractivity contribution in [3.8, 4) is 0 Å². The van der Waals surface area contributed by atoms with E-state index in [0.717, 1.165) is 0 Å². The third kappa shape index (κ3) is 4.70. The van der Waals surface area contributed by atoms with Crippen molar-refractivity contribution in [3.63, 3.8) is 0 Å². The van der Waals surface area contributed by atoms with Gasteiger partial charge in [-0.3, -0.25) is 0 Å². The number of hydrogen-bond donors (Lipinski definition) is 8. The molecule has 13 heteroatoms. The number of ether oxygens (including phenoxy) is 3. The summed E-state index contributed by atoms with van der Waals surface area (Å²) in [6.45, 7) is -2.32. The second-order valence-electron chi connectivity index (χ2n) is 5.58. The average Bonchev–Trinajstić information content (AvgIpc) is 2.88. The molecule has 2 heterocycles. The normalized spacial score (nSPS) is 47.3. The van der Waals surface area contributed by atoms with E-state index in [2.05, 4.69) is 0 Å². The molecule has 0 amide bonds. The molecule has 0 saturated carbocycles. The fourth-order valence-corrected chi connectivity index (χ4v) is 2.63. The molecular formula is C12H22MgO12. The Bertz CT molecular complexity index is 414. The van der Waals surface area contributed by atoms with Crippen LogP contribution >= 0.6 is 0 Å². The predicted octanol–water partition coefficient (Wildman–Crippen LogP) is -5.90. The van der Waals surface area contributed by atoms with E-state index in [-0.39, 0.29) is 0 Å². The van der Waals surface area contributed by atoms with E-state index in [1.165, 1.54) is 0 Å². The maximum absolute atomic E-state index is 10.00. The van der Waals surface area contributed by atoms with E-state index in [0.29, 0.717) is 21.7 Å². The van der Waals surface area contributed by atoms with Crippen LogP contribution in [-0.4, -0.2) is 137 Å². The van der Waals surface area contributed by atoms with Gasteiger partial charge in [-0.2, -0.15) is 0 Å². The summed E-state index contributed by atoms with van der Waals surface area (Å²) in [5.74, 6) is -2.37. The molecule has 12 nitrogen and oxygen atoms in total. The van der Waals surface area contributed by atoms with Gasteiger partial charge in [-0.05, 0) is 0 Å². The van der Waals surface area contributed by atoms with Crippen molar-refractivity contribution in [2.75, 3.05) is 19.8 Å². The molecule has 2 aliphatic heterocycles. The molecule has 8 N–H and O–H groups in total. The first-order valence-corrected chi connectivity index (χ1v) is 7.91. The summed E-state index contributed by atoms with van der Waals surface area (Å²) >= 11 is 0.611. The first-order valence-electron chi connectivity index (χ1n) is 7.34. The van der Waals surface area contributed by atoms with Gasteiger partial charge in [0.05, 0.1) is 19.8 Å². The van der Waals surface area contributed by atoms with Gasteiger partial charge in [0.2, 0.25) is 5.79 Å². The number of hydrogen-bond acceptors (Lipinski definition) is 12. The van der Waals surface area contributed by atoms with Gasteiger partial charge >= 0.3 is 24.9 Å². The minimum atomic E-state index is -2.37. The zero-order valence-corrected chi connectivity index (χ0v) is 14.6. The Hall–Kier alpha value is 0.126. The Labute approximate surface area is 155 Å². The van der Waals surface area contributed by atoms with E-state index >= 15 is 0 Å². The van der Waals surface area contributed by atoms with Gasteiger partial charge in [0.1, 0.15) is 42.7 Å². The molecule has 2 saturated heterocycles. The summed E-state index contributed by atoms with van der Waals surface area (Å²) in [6.07, 6.45) is -12.2. The predicted molar refractivity (Wildman–Crippen MR) is 75.1 cm³/mol. The molecule has 0 aliphatic carbocycles. The van der Waals surface area contributed by atoms with Gasteiger partial charge in [-0.15, -0.1) is 0 Å². The molecule has 2 aliphatic rings. The summed E-state index contributed by atoms with van der Waals surface area (Å²) in [5, 5.41) is 76.5. The Morgan fingerprint density at radius 3 is 1.96 bits per heavy atom. The van der Waals surface area contributed by atoms with Crippen LogP contribution in [0.4, 0.5) is 0 Å². The topological polar surface area (TPSA) is 207 Å². The van der Waals surface area contributed by atoms with Crippen molar-refractivity contribution < 1.29 is 58.2 Å². The molecule has 0 radical (unpaired) electrons. The van der Waals surface area contributed by atoms with Gasteiger partial charge in [-0.25, -0.2) is 0 Å². The number of rotatable bonds is 5. The Morgan fingerprint density at radius 1 is 0.920 bits per heavy atom. The van der Waals surface area contributed by atoms with Crippen molar-refractivity contribution in [1.82, 2.24) is 0 Å². The van der Waals surface area contributed by atoms with E-state index in [1.54, 1.807) is 0 Å². The standard InChI is InChI=1S/C12H22O11.Mg.O/c13-1-4-6(16)7(17)8(18)11(21-4)22-9-5(2-14)23-12(20,3-15)10(9)19;;/h4-11,13-20H,1-3H2;;/t4-,5-,6+,7+,8-,9-,10+,11+,12-;;/m1../s1. The first kappa shape index (κ1) is 23.2. The van der Waals surface area contributed by atoms with Crippen LogP contribution in [0.25, 0.3) is 0 Å². The van der Waals surface area contributed by atoms with Crippen LogP contribution in [0.1, 0.15) is 0 Å². The molecule has 0 aromatic heterocycles. The van der Waals surface area contributed by atoms with Crippen molar-refractivity contribution >= 4 is 21.7 Å². The van der Waals surface area contributed by atoms with Crippen LogP contribution in [0, 0.1) is 0 Å². The van der Waals surface area contributed by atoms with Crippen molar-refractivity contribution in [1.29, 1.82) is 0 Å². The Balaban J connectivity index is 0.00000151. The average molecular weight is 383 g/mol.